The maximum atomic E-state index is 11.8. The maximum Gasteiger partial charge on any atom is 0.320 e. The summed E-state index contributed by atoms with van der Waals surface area (Å²) in [4.78, 5) is 14.0. The van der Waals surface area contributed by atoms with Crippen LogP contribution in [0.15, 0.2) is 18.2 Å². The predicted molar refractivity (Wildman–Crippen MR) is 96.7 cm³/mol. The standard InChI is InChI=1S/C17H27N5O2/c1-4-5-9-18-17(23)19-16-14-8-7-13(12-15(14)20-21-16)24-11-6-10-22(2)3/h7-8,12H,4-6,9-11H2,1-3H3,(H3,18,19,20,21,23). The largest absolute Gasteiger partial charge is 0.493 e. The number of benzene rings is 1. The third-order valence-electron chi connectivity index (χ3n) is 3.60. The van der Waals surface area contributed by atoms with Gasteiger partial charge in [0.1, 0.15) is 5.75 Å². The van der Waals surface area contributed by atoms with Crippen molar-refractivity contribution in [1.29, 1.82) is 0 Å². The first-order valence-corrected chi connectivity index (χ1v) is 8.40. The van der Waals surface area contributed by atoms with Crippen LogP contribution in [0.3, 0.4) is 0 Å². The lowest BCUT2D eigenvalue weighted by atomic mass is 10.2. The van der Waals surface area contributed by atoms with Crippen molar-refractivity contribution in [1.82, 2.24) is 20.4 Å². The smallest absolute Gasteiger partial charge is 0.320 e. The summed E-state index contributed by atoms with van der Waals surface area (Å²) in [6.45, 7) is 4.41. The fourth-order valence-corrected chi connectivity index (χ4v) is 2.29. The molecule has 0 aliphatic carbocycles. The summed E-state index contributed by atoms with van der Waals surface area (Å²) in [5.41, 5.74) is 0.837. The Morgan fingerprint density at radius 1 is 1.33 bits per heavy atom. The molecule has 1 heterocycles. The molecule has 2 aromatic rings. The number of aromatic nitrogens is 2. The van der Waals surface area contributed by atoms with Gasteiger partial charge in [-0.3, -0.25) is 10.4 Å². The number of amides is 2. The number of carbonyl (C=O) groups excluding carboxylic acids is 1. The van der Waals surface area contributed by atoms with Crippen molar-refractivity contribution >= 4 is 22.8 Å². The summed E-state index contributed by atoms with van der Waals surface area (Å²) in [6.07, 6.45) is 2.98. The highest BCUT2D eigenvalue weighted by Gasteiger charge is 2.09. The minimum absolute atomic E-state index is 0.235. The van der Waals surface area contributed by atoms with Crippen LogP contribution in [0.2, 0.25) is 0 Å². The van der Waals surface area contributed by atoms with Crippen LogP contribution in [0, 0.1) is 0 Å². The summed E-state index contributed by atoms with van der Waals surface area (Å²) in [7, 11) is 4.09. The molecule has 0 fully saturated rings. The van der Waals surface area contributed by atoms with Crippen molar-refractivity contribution in [2.75, 3.05) is 39.1 Å². The Bertz CT molecular complexity index is 653. The SMILES string of the molecule is CCCCNC(=O)Nc1n[nH]c2cc(OCCCN(C)C)ccc12. The number of carbonyl (C=O) groups is 1. The van der Waals surface area contributed by atoms with E-state index in [0.29, 0.717) is 19.0 Å². The molecule has 0 atom stereocenters. The number of unbranched alkanes of at least 4 members (excludes halogenated alkanes) is 1. The molecule has 3 N–H and O–H groups in total. The van der Waals surface area contributed by atoms with Gasteiger partial charge in [0.2, 0.25) is 0 Å². The molecule has 24 heavy (non-hydrogen) atoms. The second-order valence-corrected chi connectivity index (χ2v) is 6.02. The molecule has 2 amide bonds. The van der Waals surface area contributed by atoms with E-state index in [1.165, 1.54) is 0 Å². The minimum atomic E-state index is -0.235. The highest BCUT2D eigenvalue weighted by atomic mass is 16.5. The lowest BCUT2D eigenvalue weighted by Gasteiger charge is -2.10. The van der Waals surface area contributed by atoms with E-state index in [9.17, 15) is 4.79 Å². The molecular formula is C17H27N5O2. The van der Waals surface area contributed by atoms with Crippen LogP contribution in [0.4, 0.5) is 10.6 Å². The molecule has 1 aromatic carbocycles. The molecule has 0 radical (unpaired) electrons. The first-order valence-electron chi connectivity index (χ1n) is 8.40. The van der Waals surface area contributed by atoms with E-state index < -0.39 is 0 Å². The summed E-state index contributed by atoms with van der Waals surface area (Å²) >= 11 is 0. The van der Waals surface area contributed by atoms with E-state index >= 15 is 0 Å². The number of hydrogen-bond acceptors (Lipinski definition) is 4. The van der Waals surface area contributed by atoms with Crippen LogP contribution in [0.25, 0.3) is 10.9 Å². The van der Waals surface area contributed by atoms with Crippen molar-refractivity contribution in [3.8, 4) is 5.75 Å². The van der Waals surface area contributed by atoms with E-state index in [-0.39, 0.29) is 6.03 Å². The highest BCUT2D eigenvalue weighted by Crippen LogP contribution is 2.24. The third-order valence-corrected chi connectivity index (χ3v) is 3.60. The Hall–Kier alpha value is -2.28. The number of nitrogens with zero attached hydrogens (tertiary/aromatic N) is 2. The molecule has 2 rings (SSSR count). The molecule has 1 aromatic heterocycles. The van der Waals surface area contributed by atoms with E-state index in [1.54, 1.807) is 0 Å². The summed E-state index contributed by atoms with van der Waals surface area (Å²) in [5, 5.41) is 13.5. The van der Waals surface area contributed by atoms with Crippen LogP contribution in [-0.2, 0) is 0 Å². The second-order valence-electron chi connectivity index (χ2n) is 6.02. The van der Waals surface area contributed by atoms with Crippen molar-refractivity contribution in [2.45, 2.75) is 26.2 Å². The number of aromatic amines is 1. The average Bonchev–Trinajstić information content (AvgIpc) is 2.94. The molecular weight excluding hydrogens is 306 g/mol. The summed E-state index contributed by atoms with van der Waals surface area (Å²) in [6, 6.07) is 5.47. The number of fused-ring (bicyclic) bond motifs is 1. The fourth-order valence-electron chi connectivity index (χ4n) is 2.29. The van der Waals surface area contributed by atoms with Gasteiger partial charge in [-0.05, 0) is 39.1 Å². The summed E-state index contributed by atoms with van der Waals surface area (Å²) < 4.78 is 5.75. The third kappa shape index (κ3) is 5.42. The number of nitrogens with one attached hydrogen (secondary N) is 3. The van der Waals surface area contributed by atoms with E-state index in [4.69, 9.17) is 4.74 Å². The van der Waals surface area contributed by atoms with Crippen LogP contribution < -0.4 is 15.4 Å². The molecule has 132 valence electrons. The predicted octanol–water partition coefficient (Wildman–Crippen LogP) is 2.82. The lowest BCUT2D eigenvalue weighted by Crippen LogP contribution is -2.29. The monoisotopic (exact) mass is 333 g/mol. The first kappa shape index (κ1) is 18.1. The van der Waals surface area contributed by atoms with Crippen molar-refractivity contribution < 1.29 is 9.53 Å². The maximum absolute atomic E-state index is 11.8. The highest BCUT2D eigenvalue weighted by molar-refractivity contribution is 5.99. The minimum Gasteiger partial charge on any atom is -0.493 e. The van der Waals surface area contributed by atoms with Gasteiger partial charge in [-0.25, -0.2) is 4.79 Å². The number of anilines is 1. The Kier molecular flexibility index (Phi) is 6.87. The Balaban J connectivity index is 1.91. The number of urea groups is 1. The first-order chi connectivity index (χ1) is 11.6. The van der Waals surface area contributed by atoms with Gasteiger partial charge in [-0.2, -0.15) is 5.10 Å². The van der Waals surface area contributed by atoms with Gasteiger partial charge >= 0.3 is 6.03 Å². The lowest BCUT2D eigenvalue weighted by molar-refractivity contribution is 0.252. The molecule has 0 aliphatic rings. The molecule has 0 saturated carbocycles. The molecule has 0 unspecified atom stereocenters. The van der Waals surface area contributed by atoms with Gasteiger partial charge in [0, 0.05) is 24.5 Å². The Morgan fingerprint density at radius 3 is 2.92 bits per heavy atom. The molecule has 0 spiro atoms. The summed E-state index contributed by atoms with van der Waals surface area (Å²) in [5.74, 6) is 1.32. The molecule has 7 heteroatoms. The van der Waals surface area contributed by atoms with Crippen LogP contribution >= 0.6 is 0 Å². The van der Waals surface area contributed by atoms with Gasteiger partial charge < -0.3 is 15.0 Å². The normalized spacial score (nSPS) is 11.0. The van der Waals surface area contributed by atoms with Gasteiger partial charge in [-0.15, -0.1) is 0 Å². The fraction of sp³-hybridized carbons (Fsp3) is 0.529. The average molecular weight is 333 g/mol. The van der Waals surface area contributed by atoms with Crippen molar-refractivity contribution in [3.05, 3.63) is 18.2 Å². The van der Waals surface area contributed by atoms with Crippen molar-refractivity contribution in [3.63, 3.8) is 0 Å². The zero-order valence-electron chi connectivity index (χ0n) is 14.7. The zero-order valence-corrected chi connectivity index (χ0v) is 14.7. The van der Waals surface area contributed by atoms with Gasteiger partial charge in [-0.1, -0.05) is 13.3 Å². The molecule has 7 nitrogen and oxygen atoms in total. The number of H-pyrrole nitrogens is 1. The van der Waals surface area contributed by atoms with Crippen molar-refractivity contribution in [2.24, 2.45) is 0 Å². The van der Waals surface area contributed by atoms with Gasteiger partial charge in [0.05, 0.1) is 12.1 Å². The second kappa shape index (κ2) is 9.12. The quantitative estimate of drug-likeness (QED) is 0.616. The molecule has 0 bridgehead atoms. The van der Waals surface area contributed by atoms with Crippen LogP contribution in [0.5, 0.6) is 5.75 Å². The Morgan fingerprint density at radius 2 is 2.17 bits per heavy atom. The number of rotatable bonds is 9. The van der Waals surface area contributed by atoms with E-state index in [1.807, 2.05) is 32.3 Å². The van der Waals surface area contributed by atoms with Gasteiger partial charge in [0.25, 0.3) is 0 Å². The van der Waals surface area contributed by atoms with Crippen LogP contribution in [0.1, 0.15) is 26.2 Å². The number of hydrogen-bond donors (Lipinski definition) is 3. The Labute approximate surface area is 142 Å². The number of ether oxygens (including phenoxy) is 1. The van der Waals surface area contributed by atoms with E-state index in [2.05, 4.69) is 32.7 Å². The van der Waals surface area contributed by atoms with E-state index in [0.717, 1.165) is 42.5 Å². The molecule has 0 saturated heterocycles. The topological polar surface area (TPSA) is 82.3 Å². The van der Waals surface area contributed by atoms with Gasteiger partial charge in [0.15, 0.2) is 5.82 Å². The zero-order chi connectivity index (χ0) is 17.4. The molecule has 0 aliphatic heterocycles. The van der Waals surface area contributed by atoms with Crippen LogP contribution in [-0.4, -0.2) is 54.9 Å².